The predicted octanol–water partition coefficient (Wildman–Crippen LogP) is 5.65. The van der Waals surface area contributed by atoms with Crippen LogP contribution in [0.3, 0.4) is 0 Å². The minimum atomic E-state index is -0.549. The summed E-state index contributed by atoms with van der Waals surface area (Å²) in [5, 5.41) is 8.66. The number of rotatable bonds is 11. The largest absolute Gasteiger partial charge is 0.490 e. The predicted molar refractivity (Wildman–Crippen MR) is 150 cm³/mol. The molecule has 2 amide bonds. The molecule has 0 aliphatic heterocycles. The fourth-order valence-corrected chi connectivity index (χ4v) is 4.07. The minimum Gasteiger partial charge on any atom is -0.490 e. The van der Waals surface area contributed by atoms with E-state index in [1.54, 1.807) is 42.5 Å². The van der Waals surface area contributed by atoms with E-state index in [0.29, 0.717) is 35.8 Å². The van der Waals surface area contributed by atoms with Gasteiger partial charge in [-0.25, -0.2) is 5.43 Å². The van der Waals surface area contributed by atoms with Crippen molar-refractivity contribution in [1.29, 1.82) is 0 Å². The van der Waals surface area contributed by atoms with E-state index in [1.807, 2.05) is 66.9 Å². The van der Waals surface area contributed by atoms with Crippen LogP contribution in [0.2, 0.25) is 0 Å². The first-order valence-corrected chi connectivity index (χ1v) is 12.9. The number of hydrogen-bond donors (Lipinski definition) is 2. The molecule has 1 heterocycles. The highest BCUT2D eigenvalue weighted by molar-refractivity contribution is 7.10. The van der Waals surface area contributed by atoms with Crippen molar-refractivity contribution in [2.75, 3.05) is 6.61 Å². The summed E-state index contributed by atoms with van der Waals surface area (Å²) < 4.78 is 11.7. The zero-order valence-electron chi connectivity index (χ0n) is 20.8. The van der Waals surface area contributed by atoms with E-state index in [-0.39, 0.29) is 11.6 Å². The maximum absolute atomic E-state index is 12.9. The number of hydrazone groups is 1. The van der Waals surface area contributed by atoms with Crippen LogP contribution in [0.4, 0.5) is 0 Å². The molecule has 1 aromatic heterocycles. The van der Waals surface area contributed by atoms with E-state index >= 15 is 0 Å². The summed E-state index contributed by atoms with van der Waals surface area (Å²) in [5.74, 6) is 0.251. The number of nitrogens with one attached hydrogen (secondary N) is 2. The van der Waals surface area contributed by atoms with Crippen LogP contribution < -0.4 is 20.2 Å². The molecule has 0 aliphatic carbocycles. The molecule has 8 heteroatoms. The number of nitrogens with zero attached hydrogens (tertiary/aromatic N) is 1. The zero-order valence-corrected chi connectivity index (χ0v) is 21.6. The van der Waals surface area contributed by atoms with Gasteiger partial charge in [-0.3, -0.25) is 9.59 Å². The summed E-state index contributed by atoms with van der Waals surface area (Å²) in [7, 11) is 0. The van der Waals surface area contributed by atoms with Gasteiger partial charge < -0.3 is 14.8 Å². The smallest absolute Gasteiger partial charge is 0.287 e. The van der Waals surface area contributed by atoms with Crippen LogP contribution >= 0.6 is 11.3 Å². The second-order valence-electron chi connectivity index (χ2n) is 8.01. The molecule has 0 saturated heterocycles. The summed E-state index contributed by atoms with van der Waals surface area (Å²) in [6, 6.07) is 27.7. The van der Waals surface area contributed by atoms with Crippen LogP contribution in [0.5, 0.6) is 11.5 Å². The SMILES string of the molecule is CCOc1cc(C=NNC(=O)C(=Cc2cccs2)NC(=O)c2ccccc2)ccc1OCc1ccccc1. The first-order chi connectivity index (χ1) is 18.6. The fourth-order valence-electron chi connectivity index (χ4n) is 3.41. The molecule has 0 spiro atoms. The number of carbonyl (C=O) groups is 2. The third kappa shape index (κ3) is 7.65. The molecule has 4 rings (SSSR count). The Morgan fingerprint density at radius 3 is 2.37 bits per heavy atom. The lowest BCUT2D eigenvalue weighted by molar-refractivity contribution is -0.117. The van der Waals surface area contributed by atoms with Crippen molar-refractivity contribution >= 4 is 35.4 Å². The van der Waals surface area contributed by atoms with Gasteiger partial charge in [0.05, 0.1) is 12.8 Å². The van der Waals surface area contributed by atoms with Gasteiger partial charge in [0.2, 0.25) is 0 Å². The van der Waals surface area contributed by atoms with Crippen molar-refractivity contribution in [2.45, 2.75) is 13.5 Å². The van der Waals surface area contributed by atoms with Gasteiger partial charge in [-0.1, -0.05) is 54.6 Å². The van der Waals surface area contributed by atoms with Gasteiger partial charge in [0.15, 0.2) is 11.5 Å². The lowest BCUT2D eigenvalue weighted by Gasteiger charge is -2.12. The van der Waals surface area contributed by atoms with E-state index in [4.69, 9.17) is 9.47 Å². The van der Waals surface area contributed by atoms with Gasteiger partial charge in [0.1, 0.15) is 12.3 Å². The summed E-state index contributed by atoms with van der Waals surface area (Å²) in [4.78, 5) is 26.4. The third-order valence-corrected chi connectivity index (χ3v) is 6.06. The van der Waals surface area contributed by atoms with Gasteiger partial charge in [-0.2, -0.15) is 5.10 Å². The van der Waals surface area contributed by atoms with Crippen LogP contribution in [0.25, 0.3) is 6.08 Å². The van der Waals surface area contributed by atoms with Crippen LogP contribution in [0.15, 0.2) is 107 Å². The normalized spacial score (nSPS) is 11.2. The summed E-state index contributed by atoms with van der Waals surface area (Å²) >= 11 is 1.45. The molecule has 0 aliphatic rings. The Balaban J connectivity index is 1.44. The molecule has 3 aromatic carbocycles. The molecule has 0 saturated carbocycles. The van der Waals surface area contributed by atoms with Crippen molar-refractivity contribution in [3.05, 3.63) is 124 Å². The van der Waals surface area contributed by atoms with Crippen LogP contribution in [0, 0.1) is 0 Å². The lowest BCUT2D eigenvalue weighted by Crippen LogP contribution is -2.32. The second kappa shape index (κ2) is 13.6. The molecule has 0 bridgehead atoms. The quantitative estimate of drug-likeness (QED) is 0.151. The number of amides is 2. The van der Waals surface area contributed by atoms with Crippen molar-refractivity contribution in [3.8, 4) is 11.5 Å². The van der Waals surface area contributed by atoms with E-state index in [9.17, 15) is 9.59 Å². The number of hydrogen-bond acceptors (Lipinski definition) is 6. The Morgan fingerprint density at radius 2 is 1.66 bits per heavy atom. The molecule has 38 heavy (non-hydrogen) atoms. The fraction of sp³-hybridized carbons (Fsp3) is 0.100. The van der Waals surface area contributed by atoms with Gasteiger partial charge in [0, 0.05) is 10.4 Å². The third-order valence-electron chi connectivity index (χ3n) is 5.24. The Hall–Kier alpha value is -4.69. The van der Waals surface area contributed by atoms with E-state index in [1.165, 1.54) is 17.6 Å². The molecule has 2 N–H and O–H groups in total. The average molecular weight is 526 g/mol. The first kappa shape index (κ1) is 26.4. The van der Waals surface area contributed by atoms with Crippen molar-refractivity contribution in [2.24, 2.45) is 5.10 Å². The molecular weight excluding hydrogens is 498 g/mol. The van der Waals surface area contributed by atoms with Crippen LogP contribution in [-0.2, 0) is 11.4 Å². The zero-order chi connectivity index (χ0) is 26.6. The summed E-state index contributed by atoms with van der Waals surface area (Å²) in [6.45, 7) is 2.78. The topological polar surface area (TPSA) is 89.0 Å². The molecule has 0 fully saturated rings. The van der Waals surface area contributed by atoms with E-state index in [2.05, 4.69) is 15.8 Å². The number of ether oxygens (including phenoxy) is 2. The molecule has 192 valence electrons. The van der Waals surface area contributed by atoms with Gasteiger partial charge >= 0.3 is 0 Å². The molecule has 0 atom stereocenters. The van der Waals surface area contributed by atoms with Crippen LogP contribution in [0.1, 0.15) is 33.3 Å². The van der Waals surface area contributed by atoms with Crippen molar-refractivity contribution in [3.63, 3.8) is 0 Å². The second-order valence-corrected chi connectivity index (χ2v) is 8.99. The monoisotopic (exact) mass is 525 g/mol. The van der Waals surface area contributed by atoms with E-state index in [0.717, 1.165) is 10.4 Å². The van der Waals surface area contributed by atoms with E-state index < -0.39 is 5.91 Å². The molecule has 0 unspecified atom stereocenters. The standard InChI is InChI=1S/C30H27N3O4S/c1-2-36-28-18-23(15-16-27(28)37-21-22-10-5-3-6-11-22)20-31-33-30(35)26(19-25-14-9-17-38-25)32-29(34)24-12-7-4-8-13-24/h3-20H,2,21H2,1H3,(H,32,34)(H,33,35). The molecule has 4 aromatic rings. The highest BCUT2D eigenvalue weighted by atomic mass is 32.1. The Morgan fingerprint density at radius 1 is 0.895 bits per heavy atom. The Kier molecular flexibility index (Phi) is 9.42. The summed E-state index contributed by atoms with van der Waals surface area (Å²) in [5.41, 5.74) is 4.77. The van der Waals surface area contributed by atoms with Gasteiger partial charge in [0.25, 0.3) is 11.8 Å². The number of thiophene rings is 1. The first-order valence-electron chi connectivity index (χ1n) is 12.0. The highest BCUT2D eigenvalue weighted by Crippen LogP contribution is 2.29. The molecular formula is C30H27N3O4S. The Labute approximate surface area is 225 Å². The van der Waals surface area contributed by atoms with Crippen molar-refractivity contribution in [1.82, 2.24) is 10.7 Å². The molecule has 7 nitrogen and oxygen atoms in total. The number of carbonyl (C=O) groups excluding carboxylic acids is 2. The number of benzene rings is 3. The average Bonchev–Trinajstić information content (AvgIpc) is 3.46. The minimum absolute atomic E-state index is 0.0816. The van der Waals surface area contributed by atoms with Crippen LogP contribution in [-0.4, -0.2) is 24.6 Å². The summed E-state index contributed by atoms with van der Waals surface area (Å²) in [6.07, 6.45) is 3.12. The van der Waals surface area contributed by atoms with Crippen molar-refractivity contribution < 1.29 is 19.1 Å². The molecule has 0 radical (unpaired) electrons. The Bertz CT molecular complexity index is 1400. The lowest BCUT2D eigenvalue weighted by atomic mass is 10.2. The maximum atomic E-state index is 12.9. The highest BCUT2D eigenvalue weighted by Gasteiger charge is 2.14. The maximum Gasteiger partial charge on any atom is 0.287 e. The van der Waals surface area contributed by atoms with Gasteiger partial charge in [-0.05, 0) is 65.9 Å². The van der Waals surface area contributed by atoms with Gasteiger partial charge in [-0.15, -0.1) is 11.3 Å².